The number of hydrogen-bond acceptors (Lipinski definition) is 5. The van der Waals surface area contributed by atoms with Gasteiger partial charge in [0.1, 0.15) is 0 Å². The van der Waals surface area contributed by atoms with Gasteiger partial charge in [0, 0.05) is 31.9 Å². The largest absolute Gasteiger partial charge is 0.465 e. The number of nitrogens with zero attached hydrogens (tertiary/aromatic N) is 2. The molecular weight excluding hydrogens is 443 g/mol. The van der Waals surface area contributed by atoms with Crippen LogP contribution in [0.15, 0.2) is 48.5 Å². The van der Waals surface area contributed by atoms with E-state index in [4.69, 9.17) is 0 Å². The van der Waals surface area contributed by atoms with Gasteiger partial charge in [0.05, 0.1) is 23.8 Å². The van der Waals surface area contributed by atoms with Gasteiger partial charge in [-0.2, -0.15) is 13.2 Å². The van der Waals surface area contributed by atoms with Crippen LogP contribution in [0.2, 0.25) is 0 Å². The van der Waals surface area contributed by atoms with Crippen LogP contribution in [-0.4, -0.2) is 66.8 Å². The van der Waals surface area contributed by atoms with Crippen molar-refractivity contribution in [2.24, 2.45) is 0 Å². The Morgan fingerprint density at radius 3 is 2.18 bits per heavy atom. The summed E-state index contributed by atoms with van der Waals surface area (Å²) in [6.45, 7) is -0.0908. The number of benzene rings is 2. The highest BCUT2D eigenvalue weighted by Gasteiger charge is 2.37. The number of hydrogen-bond donors (Lipinski definition) is 1. The molecule has 3 amide bonds. The first-order valence-corrected chi connectivity index (χ1v) is 9.86. The van der Waals surface area contributed by atoms with Gasteiger partial charge in [-0.25, -0.2) is 4.79 Å². The minimum Gasteiger partial charge on any atom is -0.465 e. The lowest BCUT2D eigenvalue weighted by Crippen LogP contribution is -2.53. The van der Waals surface area contributed by atoms with Gasteiger partial charge in [0.2, 0.25) is 0 Å². The quantitative estimate of drug-likeness (QED) is 0.557. The third-order valence-electron chi connectivity index (χ3n) is 5.05. The number of halogens is 3. The van der Waals surface area contributed by atoms with Crippen LogP contribution in [0.1, 0.15) is 26.3 Å². The van der Waals surface area contributed by atoms with Crippen molar-refractivity contribution in [3.63, 3.8) is 0 Å². The summed E-state index contributed by atoms with van der Waals surface area (Å²) in [5, 5.41) is 2.40. The third-order valence-corrected chi connectivity index (χ3v) is 5.05. The van der Waals surface area contributed by atoms with Crippen molar-refractivity contribution in [3.8, 4) is 0 Å². The second kappa shape index (κ2) is 9.72. The van der Waals surface area contributed by atoms with Gasteiger partial charge >= 0.3 is 24.0 Å². The number of ether oxygens (including phenoxy) is 1. The number of piperazine rings is 1. The Morgan fingerprint density at radius 1 is 0.909 bits per heavy atom. The van der Waals surface area contributed by atoms with Crippen LogP contribution >= 0.6 is 0 Å². The molecule has 1 aliphatic rings. The van der Waals surface area contributed by atoms with E-state index in [2.05, 4.69) is 10.1 Å². The first-order chi connectivity index (χ1) is 15.6. The molecule has 11 heteroatoms. The van der Waals surface area contributed by atoms with E-state index in [9.17, 15) is 32.3 Å². The van der Waals surface area contributed by atoms with Crippen LogP contribution in [0, 0.1) is 0 Å². The molecule has 0 unspecified atom stereocenters. The molecule has 1 heterocycles. The first kappa shape index (κ1) is 23.8. The second-order valence-corrected chi connectivity index (χ2v) is 7.15. The monoisotopic (exact) mass is 463 g/mol. The van der Waals surface area contributed by atoms with Gasteiger partial charge in [0.15, 0.2) is 0 Å². The Hall–Kier alpha value is -3.89. The predicted molar refractivity (Wildman–Crippen MR) is 110 cm³/mol. The van der Waals surface area contributed by atoms with Gasteiger partial charge < -0.3 is 19.9 Å². The highest BCUT2D eigenvalue weighted by atomic mass is 19.4. The van der Waals surface area contributed by atoms with E-state index in [1.165, 1.54) is 53.3 Å². The van der Waals surface area contributed by atoms with E-state index in [1.54, 1.807) is 0 Å². The fraction of sp³-hybridized carbons (Fsp3) is 0.273. The number of anilines is 1. The molecule has 8 nitrogen and oxygen atoms in total. The van der Waals surface area contributed by atoms with Crippen molar-refractivity contribution in [3.05, 3.63) is 65.2 Å². The fourth-order valence-corrected chi connectivity index (χ4v) is 3.37. The molecule has 2 aromatic carbocycles. The zero-order valence-corrected chi connectivity index (χ0v) is 17.5. The highest BCUT2D eigenvalue weighted by molar-refractivity contribution is 6.39. The molecule has 0 aliphatic carbocycles. The molecule has 0 saturated carbocycles. The molecule has 0 aromatic heterocycles. The lowest BCUT2D eigenvalue weighted by atomic mass is 10.1. The summed E-state index contributed by atoms with van der Waals surface area (Å²) in [5.41, 5.74) is -1.09. The molecule has 0 atom stereocenters. The van der Waals surface area contributed by atoms with Crippen molar-refractivity contribution in [1.29, 1.82) is 0 Å². The van der Waals surface area contributed by atoms with E-state index in [-0.39, 0.29) is 37.4 Å². The number of alkyl halides is 3. The smallest absolute Gasteiger partial charge is 0.417 e. The van der Waals surface area contributed by atoms with Crippen molar-refractivity contribution >= 4 is 29.4 Å². The Balaban J connectivity index is 1.61. The summed E-state index contributed by atoms with van der Waals surface area (Å²) in [5.74, 6) is -3.20. The Kier molecular flexibility index (Phi) is 7.00. The maximum atomic E-state index is 13.2. The molecule has 2 aromatic rings. The van der Waals surface area contributed by atoms with E-state index < -0.39 is 41.0 Å². The average molecular weight is 463 g/mol. The average Bonchev–Trinajstić information content (AvgIpc) is 2.82. The summed E-state index contributed by atoms with van der Waals surface area (Å²) in [6, 6.07) is 10.3. The SMILES string of the molecule is COC(=O)c1cccc(NC(=O)C(=O)N2CCN(C(=O)c3ccccc3C(F)(F)F)CC2)c1. The standard InChI is InChI=1S/C22H20F3N3O5/c1-33-21(32)14-5-4-6-15(13-14)26-18(29)20(31)28-11-9-27(10-12-28)19(30)16-7-2-3-8-17(16)22(23,24)25/h2-8,13H,9-12H2,1H3,(H,26,29). The number of carbonyl (C=O) groups is 4. The molecule has 0 radical (unpaired) electrons. The minimum absolute atomic E-state index is 0.0195. The number of amides is 3. The van der Waals surface area contributed by atoms with Gasteiger partial charge in [0.25, 0.3) is 5.91 Å². The van der Waals surface area contributed by atoms with Crippen molar-refractivity contribution in [2.45, 2.75) is 6.18 Å². The number of methoxy groups -OCH3 is 1. The second-order valence-electron chi connectivity index (χ2n) is 7.15. The minimum atomic E-state index is -4.67. The van der Waals surface area contributed by atoms with E-state index in [0.717, 1.165) is 12.1 Å². The molecule has 1 aliphatic heterocycles. The van der Waals surface area contributed by atoms with E-state index in [1.807, 2.05) is 0 Å². The van der Waals surface area contributed by atoms with Crippen LogP contribution in [0.3, 0.4) is 0 Å². The highest BCUT2D eigenvalue weighted by Crippen LogP contribution is 2.32. The molecular formula is C22H20F3N3O5. The Morgan fingerprint density at radius 2 is 1.55 bits per heavy atom. The predicted octanol–water partition coefficient (Wildman–Crippen LogP) is 2.42. The topological polar surface area (TPSA) is 96.0 Å². The summed E-state index contributed by atoms with van der Waals surface area (Å²) in [6.07, 6.45) is -4.67. The summed E-state index contributed by atoms with van der Waals surface area (Å²) in [7, 11) is 1.21. The van der Waals surface area contributed by atoms with Gasteiger partial charge in [-0.05, 0) is 30.3 Å². The zero-order valence-electron chi connectivity index (χ0n) is 17.5. The molecule has 3 rings (SSSR count). The van der Waals surface area contributed by atoms with Crippen LogP contribution < -0.4 is 5.32 Å². The van der Waals surface area contributed by atoms with E-state index in [0.29, 0.717) is 0 Å². The number of carbonyl (C=O) groups excluding carboxylic acids is 4. The lowest BCUT2D eigenvalue weighted by molar-refractivity contribution is -0.144. The number of rotatable bonds is 3. The number of nitrogens with one attached hydrogen (secondary N) is 1. The Labute approximate surface area is 186 Å². The van der Waals surface area contributed by atoms with Crippen LogP contribution in [-0.2, 0) is 20.5 Å². The molecule has 33 heavy (non-hydrogen) atoms. The summed E-state index contributed by atoms with van der Waals surface area (Å²) >= 11 is 0. The molecule has 0 bridgehead atoms. The van der Waals surface area contributed by atoms with Crippen molar-refractivity contribution in [2.75, 3.05) is 38.6 Å². The molecule has 1 N–H and O–H groups in total. The Bertz CT molecular complexity index is 1080. The third kappa shape index (κ3) is 5.48. The normalized spacial score (nSPS) is 13.9. The molecule has 0 spiro atoms. The molecule has 174 valence electrons. The first-order valence-electron chi connectivity index (χ1n) is 9.86. The fourth-order valence-electron chi connectivity index (χ4n) is 3.37. The van der Waals surface area contributed by atoms with Crippen LogP contribution in [0.5, 0.6) is 0 Å². The van der Waals surface area contributed by atoms with E-state index >= 15 is 0 Å². The summed E-state index contributed by atoms with van der Waals surface area (Å²) in [4.78, 5) is 51.5. The maximum absolute atomic E-state index is 13.2. The van der Waals surface area contributed by atoms with Gasteiger partial charge in [-0.15, -0.1) is 0 Å². The van der Waals surface area contributed by atoms with Gasteiger partial charge in [-0.3, -0.25) is 14.4 Å². The molecule has 1 saturated heterocycles. The molecule has 1 fully saturated rings. The summed E-state index contributed by atoms with van der Waals surface area (Å²) < 4.78 is 44.2. The van der Waals surface area contributed by atoms with Crippen LogP contribution in [0.25, 0.3) is 0 Å². The van der Waals surface area contributed by atoms with Crippen LogP contribution in [0.4, 0.5) is 18.9 Å². The van der Waals surface area contributed by atoms with Crippen molar-refractivity contribution < 1.29 is 37.1 Å². The lowest BCUT2D eigenvalue weighted by Gasteiger charge is -2.34. The maximum Gasteiger partial charge on any atom is 0.417 e. The van der Waals surface area contributed by atoms with Crippen molar-refractivity contribution in [1.82, 2.24) is 9.80 Å². The van der Waals surface area contributed by atoms with Gasteiger partial charge in [-0.1, -0.05) is 18.2 Å². The number of esters is 1. The zero-order chi connectivity index (χ0) is 24.2.